The van der Waals surface area contributed by atoms with Gasteiger partial charge >= 0.3 is 0 Å². The highest BCUT2D eigenvalue weighted by Crippen LogP contribution is 2.25. The molecule has 1 atom stereocenters. The summed E-state index contributed by atoms with van der Waals surface area (Å²) in [5, 5.41) is 0. The summed E-state index contributed by atoms with van der Waals surface area (Å²) in [6, 6.07) is 10.7. The fourth-order valence-electron chi connectivity index (χ4n) is 4.65. The first-order chi connectivity index (χ1) is 14.1. The van der Waals surface area contributed by atoms with Crippen LogP contribution in [0.4, 0.5) is 0 Å². The molecule has 1 aromatic rings. The van der Waals surface area contributed by atoms with Crippen molar-refractivity contribution < 1.29 is 14.3 Å². The molecule has 5 nitrogen and oxygen atoms in total. The third kappa shape index (κ3) is 5.59. The maximum atomic E-state index is 13.4. The quantitative estimate of drug-likeness (QED) is 0.669. The van der Waals surface area contributed by atoms with E-state index in [1.54, 1.807) is 0 Å². The number of benzene rings is 1. The lowest BCUT2D eigenvalue weighted by Gasteiger charge is -2.38. The van der Waals surface area contributed by atoms with Crippen LogP contribution in [0.2, 0.25) is 0 Å². The monoisotopic (exact) mass is 400 g/mol. The zero-order chi connectivity index (χ0) is 20.6. The largest absolute Gasteiger partial charge is 0.368 e. The van der Waals surface area contributed by atoms with Crippen LogP contribution in [0.25, 0.3) is 0 Å². The number of rotatable bonds is 8. The average molecular weight is 401 g/mol. The van der Waals surface area contributed by atoms with Gasteiger partial charge < -0.3 is 14.5 Å². The number of piperidine rings is 1. The Kier molecular flexibility index (Phi) is 8.10. The van der Waals surface area contributed by atoms with Crippen LogP contribution in [0.5, 0.6) is 0 Å². The van der Waals surface area contributed by atoms with E-state index in [2.05, 4.69) is 43.0 Å². The summed E-state index contributed by atoms with van der Waals surface area (Å²) in [7, 11) is 0. The molecule has 2 fully saturated rings. The third-order valence-corrected chi connectivity index (χ3v) is 6.51. The van der Waals surface area contributed by atoms with Crippen molar-refractivity contribution in [3.63, 3.8) is 0 Å². The van der Waals surface area contributed by atoms with E-state index in [0.29, 0.717) is 19.7 Å². The number of amides is 2. The Hall–Kier alpha value is -1.88. The summed E-state index contributed by atoms with van der Waals surface area (Å²) in [5.74, 6) is 0.424. The third-order valence-electron chi connectivity index (χ3n) is 6.51. The second-order valence-electron chi connectivity index (χ2n) is 8.34. The van der Waals surface area contributed by atoms with E-state index in [9.17, 15) is 9.59 Å². The number of carbonyl (C=O) groups excluding carboxylic acids is 2. The number of hydrogen-bond acceptors (Lipinski definition) is 3. The highest BCUT2D eigenvalue weighted by Gasteiger charge is 2.35. The van der Waals surface area contributed by atoms with E-state index < -0.39 is 0 Å². The van der Waals surface area contributed by atoms with Gasteiger partial charge in [0.05, 0.1) is 0 Å². The Balaban J connectivity index is 1.58. The molecule has 3 rings (SSSR count). The highest BCUT2D eigenvalue weighted by atomic mass is 16.5. The van der Waals surface area contributed by atoms with Crippen LogP contribution in [0, 0.1) is 5.92 Å². The molecule has 2 amide bonds. The predicted molar refractivity (Wildman–Crippen MR) is 115 cm³/mol. The minimum atomic E-state index is -0.255. The topological polar surface area (TPSA) is 49.9 Å². The molecule has 29 heavy (non-hydrogen) atoms. The van der Waals surface area contributed by atoms with Crippen molar-refractivity contribution in [3.05, 3.63) is 35.9 Å². The van der Waals surface area contributed by atoms with E-state index in [0.717, 1.165) is 51.5 Å². The van der Waals surface area contributed by atoms with Crippen LogP contribution in [0.1, 0.15) is 57.9 Å². The number of carbonyl (C=O) groups is 2. The molecule has 2 aliphatic heterocycles. The van der Waals surface area contributed by atoms with Gasteiger partial charge in [0, 0.05) is 38.2 Å². The number of ether oxygens (including phenoxy) is 1. The molecule has 160 valence electrons. The van der Waals surface area contributed by atoms with Gasteiger partial charge in [0.15, 0.2) is 0 Å². The number of likely N-dealkylation sites (tertiary alicyclic amines) is 1. The van der Waals surface area contributed by atoms with Crippen LogP contribution in [-0.2, 0) is 20.7 Å². The lowest BCUT2D eigenvalue weighted by atomic mass is 9.93. The summed E-state index contributed by atoms with van der Waals surface area (Å²) < 4.78 is 5.55. The molecule has 2 aliphatic rings. The number of nitrogens with zero attached hydrogens (tertiary/aromatic N) is 2. The van der Waals surface area contributed by atoms with Gasteiger partial charge in [-0.15, -0.1) is 0 Å². The lowest BCUT2D eigenvalue weighted by Crippen LogP contribution is -2.49. The molecule has 0 bridgehead atoms. The highest BCUT2D eigenvalue weighted by molar-refractivity contribution is 5.82. The van der Waals surface area contributed by atoms with Crippen LogP contribution in [-0.4, -0.2) is 60.0 Å². The maximum absolute atomic E-state index is 13.4. The lowest BCUT2D eigenvalue weighted by molar-refractivity contribution is -0.146. The Morgan fingerprint density at radius 3 is 2.38 bits per heavy atom. The summed E-state index contributed by atoms with van der Waals surface area (Å²) in [5.41, 5.74) is 1.27. The van der Waals surface area contributed by atoms with Crippen molar-refractivity contribution in [2.45, 2.75) is 70.9 Å². The Morgan fingerprint density at radius 2 is 1.79 bits per heavy atom. The smallest absolute Gasteiger partial charge is 0.251 e. The Labute approximate surface area is 175 Å². The Bertz CT molecular complexity index is 645. The second kappa shape index (κ2) is 10.8. The normalized spacial score (nSPS) is 20.2. The zero-order valence-corrected chi connectivity index (χ0v) is 18.0. The minimum absolute atomic E-state index is 0.0277. The van der Waals surface area contributed by atoms with Gasteiger partial charge in [-0.05, 0) is 50.5 Å². The standard InChI is InChI=1S/C24H36N2O3/c1-3-21(4-2)26(17-12-19-9-6-5-7-10-19)23(27)20-13-15-25(16-14-20)24(28)22-11-8-18-29-22/h5-7,9-10,20-22H,3-4,8,11-18H2,1-2H3/t22-/m0/s1. The van der Waals surface area contributed by atoms with Gasteiger partial charge in [-0.1, -0.05) is 44.2 Å². The van der Waals surface area contributed by atoms with Gasteiger partial charge in [-0.25, -0.2) is 0 Å². The summed E-state index contributed by atoms with van der Waals surface area (Å²) in [4.78, 5) is 30.0. The van der Waals surface area contributed by atoms with E-state index in [4.69, 9.17) is 4.74 Å². The molecule has 0 radical (unpaired) electrons. The first-order valence-electron chi connectivity index (χ1n) is 11.4. The molecule has 5 heteroatoms. The average Bonchev–Trinajstić information content (AvgIpc) is 3.31. The van der Waals surface area contributed by atoms with Gasteiger partial charge in [-0.3, -0.25) is 9.59 Å². The zero-order valence-electron chi connectivity index (χ0n) is 18.0. The summed E-state index contributed by atoms with van der Waals surface area (Å²) >= 11 is 0. The van der Waals surface area contributed by atoms with Gasteiger partial charge in [0.2, 0.25) is 5.91 Å². The molecule has 0 saturated carbocycles. The maximum Gasteiger partial charge on any atom is 0.251 e. The van der Waals surface area contributed by atoms with Gasteiger partial charge in [0.25, 0.3) is 5.91 Å². The van der Waals surface area contributed by atoms with Crippen LogP contribution in [0.15, 0.2) is 30.3 Å². The fourth-order valence-corrected chi connectivity index (χ4v) is 4.65. The van der Waals surface area contributed by atoms with Gasteiger partial charge in [-0.2, -0.15) is 0 Å². The molecular formula is C24H36N2O3. The Morgan fingerprint density at radius 1 is 1.10 bits per heavy atom. The van der Waals surface area contributed by atoms with Crippen molar-refractivity contribution in [2.24, 2.45) is 5.92 Å². The summed E-state index contributed by atoms with van der Waals surface area (Å²) in [6.45, 7) is 7.14. The van der Waals surface area contributed by atoms with Crippen molar-refractivity contribution in [1.29, 1.82) is 0 Å². The molecule has 0 aliphatic carbocycles. The summed E-state index contributed by atoms with van der Waals surface area (Å²) in [6.07, 6.45) is 5.92. The number of hydrogen-bond donors (Lipinski definition) is 0. The van der Waals surface area contributed by atoms with E-state index in [1.165, 1.54) is 5.56 Å². The second-order valence-corrected chi connectivity index (χ2v) is 8.34. The molecule has 1 aromatic carbocycles. The van der Waals surface area contributed by atoms with E-state index in [-0.39, 0.29) is 29.9 Å². The molecule has 0 spiro atoms. The van der Waals surface area contributed by atoms with Crippen molar-refractivity contribution in [3.8, 4) is 0 Å². The van der Waals surface area contributed by atoms with E-state index >= 15 is 0 Å². The molecule has 0 unspecified atom stereocenters. The fraction of sp³-hybridized carbons (Fsp3) is 0.667. The minimum Gasteiger partial charge on any atom is -0.368 e. The van der Waals surface area contributed by atoms with Crippen molar-refractivity contribution in [1.82, 2.24) is 9.80 Å². The SMILES string of the molecule is CCC(CC)N(CCc1ccccc1)C(=O)C1CCN(C(=O)[C@@H]2CCCO2)CC1. The molecule has 2 saturated heterocycles. The van der Waals surface area contributed by atoms with Crippen molar-refractivity contribution >= 4 is 11.8 Å². The van der Waals surface area contributed by atoms with Crippen LogP contribution in [0.3, 0.4) is 0 Å². The van der Waals surface area contributed by atoms with Crippen LogP contribution < -0.4 is 0 Å². The first-order valence-corrected chi connectivity index (χ1v) is 11.4. The predicted octanol–water partition coefficient (Wildman–Crippen LogP) is 3.66. The van der Waals surface area contributed by atoms with Gasteiger partial charge in [0.1, 0.15) is 6.10 Å². The van der Waals surface area contributed by atoms with Crippen LogP contribution >= 0.6 is 0 Å². The first kappa shape index (κ1) is 21.8. The molecule has 2 heterocycles. The molecular weight excluding hydrogens is 364 g/mol. The van der Waals surface area contributed by atoms with E-state index in [1.807, 2.05) is 11.0 Å². The molecule has 0 N–H and O–H groups in total. The molecule has 0 aromatic heterocycles. The van der Waals surface area contributed by atoms with Crippen molar-refractivity contribution in [2.75, 3.05) is 26.2 Å².